The lowest BCUT2D eigenvalue weighted by molar-refractivity contribution is 0.0951. The van der Waals surface area contributed by atoms with E-state index in [9.17, 15) is 9.59 Å². The molecule has 1 fully saturated rings. The molecule has 2 unspecified atom stereocenters. The molecule has 0 spiro atoms. The number of hydrogen-bond acceptors (Lipinski definition) is 3. The third kappa shape index (κ3) is 2.53. The zero-order chi connectivity index (χ0) is 16.7. The Labute approximate surface area is 141 Å². The summed E-state index contributed by atoms with van der Waals surface area (Å²) in [4.78, 5) is 25.9. The maximum atomic E-state index is 12.5. The molecule has 2 atom stereocenters. The van der Waals surface area contributed by atoms with E-state index in [1.54, 1.807) is 6.07 Å². The van der Waals surface area contributed by atoms with Crippen molar-refractivity contribution in [3.05, 3.63) is 59.2 Å². The molecule has 1 saturated heterocycles. The largest absolute Gasteiger partial charge is 0.352 e. The van der Waals surface area contributed by atoms with Gasteiger partial charge in [0, 0.05) is 36.7 Å². The van der Waals surface area contributed by atoms with Gasteiger partial charge in [0.15, 0.2) is 0 Å². The molecule has 1 amide bonds. The van der Waals surface area contributed by atoms with Crippen molar-refractivity contribution in [2.75, 3.05) is 26.7 Å². The van der Waals surface area contributed by atoms with E-state index in [0.29, 0.717) is 17.4 Å². The van der Waals surface area contributed by atoms with Gasteiger partial charge in [-0.25, -0.2) is 0 Å². The number of likely N-dealkylation sites (tertiary alicyclic amines) is 1. The minimum absolute atomic E-state index is 0.00967. The lowest BCUT2D eigenvalue weighted by Crippen LogP contribution is -2.29. The van der Waals surface area contributed by atoms with E-state index in [0.717, 1.165) is 48.2 Å². The molecule has 1 N–H and O–H groups in total. The van der Waals surface area contributed by atoms with Crippen molar-refractivity contribution in [2.24, 2.45) is 5.92 Å². The number of rotatable bonds is 2. The Bertz CT molecular complexity index is 815. The summed E-state index contributed by atoms with van der Waals surface area (Å²) in [5, 5.41) is 3.07. The highest BCUT2D eigenvalue weighted by atomic mass is 16.1. The van der Waals surface area contributed by atoms with Gasteiger partial charge in [0.1, 0.15) is 6.29 Å². The van der Waals surface area contributed by atoms with E-state index in [1.807, 2.05) is 24.3 Å². The third-order valence-electron chi connectivity index (χ3n) is 5.20. The average molecular weight is 320 g/mol. The molecule has 24 heavy (non-hydrogen) atoms. The summed E-state index contributed by atoms with van der Waals surface area (Å²) >= 11 is 0. The van der Waals surface area contributed by atoms with Crippen LogP contribution in [0.25, 0.3) is 11.1 Å². The fraction of sp³-hybridized carbons (Fsp3) is 0.300. The van der Waals surface area contributed by atoms with Crippen LogP contribution in [0.5, 0.6) is 0 Å². The predicted octanol–water partition coefficient (Wildman–Crippen LogP) is 2.55. The number of nitrogens with zero attached hydrogens (tertiary/aromatic N) is 1. The van der Waals surface area contributed by atoms with Crippen LogP contribution in [-0.2, 0) is 0 Å². The molecular formula is C20H20N2O2. The molecular weight excluding hydrogens is 300 g/mol. The summed E-state index contributed by atoms with van der Waals surface area (Å²) in [7, 11) is 2.13. The molecule has 2 aliphatic heterocycles. The van der Waals surface area contributed by atoms with Crippen LogP contribution >= 0.6 is 0 Å². The molecule has 122 valence electrons. The van der Waals surface area contributed by atoms with Crippen LogP contribution in [0.1, 0.15) is 32.2 Å². The summed E-state index contributed by atoms with van der Waals surface area (Å²) in [5.74, 6) is 0.888. The fourth-order valence-corrected chi connectivity index (χ4v) is 4.01. The maximum Gasteiger partial charge on any atom is 0.251 e. The SMILES string of the molecule is CN1CC2CNC(=O)c3cc(-c4cccc(C=O)c4)ccc3C2C1. The van der Waals surface area contributed by atoms with Crippen molar-refractivity contribution in [3.8, 4) is 11.1 Å². The second kappa shape index (κ2) is 5.87. The summed E-state index contributed by atoms with van der Waals surface area (Å²) in [5.41, 5.74) is 4.49. The molecule has 0 radical (unpaired) electrons. The van der Waals surface area contributed by atoms with Gasteiger partial charge in [0.25, 0.3) is 5.91 Å². The van der Waals surface area contributed by atoms with Crippen LogP contribution in [-0.4, -0.2) is 43.8 Å². The van der Waals surface area contributed by atoms with Crippen LogP contribution in [0.2, 0.25) is 0 Å². The van der Waals surface area contributed by atoms with E-state index >= 15 is 0 Å². The highest BCUT2D eigenvalue weighted by Gasteiger charge is 2.36. The fourth-order valence-electron chi connectivity index (χ4n) is 4.01. The number of benzene rings is 2. The van der Waals surface area contributed by atoms with Gasteiger partial charge >= 0.3 is 0 Å². The van der Waals surface area contributed by atoms with Crippen molar-refractivity contribution < 1.29 is 9.59 Å². The van der Waals surface area contributed by atoms with Crippen LogP contribution in [0, 0.1) is 5.92 Å². The minimum atomic E-state index is 0.00967. The first-order valence-corrected chi connectivity index (χ1v) is 8.32. The maximum absolute atomic E-state index is 12.5. The lowest BCUT2D eigenvalue weighted by Gasteiger charge is -2.17. The molecule has 4 rings (SSSR count). The van der Waals surface area contributed by atoms with Crippen LogP contribution in [0.4, 0.5) is 0 Å². The summed E-state index contributed by atoms with van der Waals surface area (Å²) < 4.78 is 0. The van der Waals surface area contributed by atoms with Crippen LogP contribution < -0.4 is 5.32 Å². The lowest BCUT2D eigenvalue weighted by atomic mass is 9.86. The average Bonchev–Trinajstić information content (AvgIpc) is 2.94. The van der Waals surface area contributed by atoms with Gasteiger partial charge in [-0.2, -0.15) is 0 Å². The molecule has 2 aliphatic rings. The van der Waals surface area contributed by atoms with Gasteiger partial charge in [-0.05, 0) is 41.8 Å². The number of carbonyl (C=O) groups is 2. The third-order valence-corrected chi connectivity index (χ3v) is 5.20. The monoisotopic (exact) mass is 320 g/mol. The van der Waals surface area contributed by atoms with Gasteiger partial charge in [0.05, 0.1) is 0 Å². The Hall–Kier alpha value is -2.46. The molecule has 0 aliphatic carbocycles. The number of aldehydes is 1. The van der Waals surface area contributed by atoms with Gasteiger partial charge in [-0.15, -0.1) is 0 Å². The van der Waals surface area contributed by atoms with Gasteiger partial charge in [0.2, 0.25) is 0 Å². The number of nitrogens with one attached hydrogen (secondary N) is 1. The molecule has 0 saturated carbocycles. The van der Waals surface area contributed by atoms with E-state index in [2.05, 4.69) is 29.4 Å². The Morgan fingerprint density at radius 2 is 1.96 bits per heavy atom. The highest BCUT2D eigenvalue weighted by Crippen LogP contribution is 2.37. The molecule has 2 heterocycles. The first-order chi connectivity index (χ1) is 11.7. The molecule has 2 aromatic rings. The number of carbonyl (C=O) groups excluding carboxylic acids is 2. The summed E-state index contributed by atoms with van der Waals surface area (Å²) in [6.07, 6.45) is 0.846. The van der Waals surface area contributed by atoms with E-state index in [-0.39, 0.29) is 5.91 Å². The van der Waals surface area contributed by atoms with Gasteiger partial charge in [-0.3, -0.25) is 9.59 Å². The first-order valence-electron chi connectivity index (χ1n) is 8.32. The highest BCUT2D eigenvalue weighted by molar-refractivity contribution is 5.97. The van der Waals surface area contributed by atoms with Gasteiger partial charge in [-0.1, -0.05) is 30.3 Å². The Morgan fingerprint density at radius 1 is 1.12 bits per heavy atom. The Kier molecular flexibility index (Phi) is 3.69. The van der Waals surface area contributed by atoms with E-state index in [4.69, 9.17) is 0 Å². The number of fused-ring (bicyclic) bond motifs is 3. The normalized spacial score (nSPS) is 23.1. The zero-order valence-electron chi connectivity index (χ0n) is 13.7. The Morgan fingerprint density at radius 3 is 2.79 bits per heavy atom. The van der Waals surface area contributed by atoms with E-state index < -0.39 is 0 Å². The molecule has 4 nitrogen and oxygen atoms in total. The van der Waals surface area contributed by atoms with Crippen molar-refractivity contribution in [3.63, 3.8) is 0 Å². The van der Waals surface area contributed by atoms with Gasteiger partial charge < -0.3 is 10.2 Å². The second-order valence-corrected chi connectivity index (χ2v) is 6.84. The molecule has 4 heteroatoms. The van der Waals surface area contributed by atoms with Crippen molar-refractivity contribution in [1.82, 2.24) is 10.2 Å². The topological polar surface area (TPSA) is 49.4 Å². The smallest absolute Gasteiger partial charge is 0.251 e. The van der Waals surface area contributed by atoms with E-state index in [1.165, 1.54) is 0 Å². The number of amides is 1. The second-order valence-electron chi connectivity index (χ2n) is 6.84. The molecule has 0 bridgehead atoms. The zero-order valence-corrected chi connectivity index (χ0v) is 13.7. The molecule has 0 aromatic heterocycles. The number of hydrogen-bond donors (Lipinski definition) is 1. The van der Waals surface area contributed by atoms with Crippen LogP contribution in [0.3, 0.4) is 0 Å². The number of likely N-dealkylation sites (N-methyl/N-ethyl adjacent to an activating group) is 1. The summed E-state index contributed by atoms with van der Waals surface area (Å²) in [6.45, 7) is 2.75. The summed E-state index contributed by atoms with van der Waals surface area (Å²) in [6, 6.07) is 13.6. The predicted molar refractivity (Wildman–Crippen MR) is 93.3 cm³/mol. The Balaban J connectivity index is 1.79. The van der Waals surface area contributed by atoms with Crippen LogP contribution in [0.15, 0.2) is 42.5 Å². The van der Waals surface area contributed by atoms with Crippen molar-refractivity contribution in [2.45, 2.75) is 5.92 Å². The molecule has 2 aromatic carbocycles. The van der Waals surface area contributed by atoms with Crippen molar-refractivity contribution in [1.29, 1.82) is 0 Å². The van der Waals surface area contributed by atoms with Crippen molar-refractivity contribution >= 4 is 12.2 Å². The quantitative estimate of drug-likeness (QED) is 0.865. The standard InChI is InChI=1S/C20H20N2O2/c1-22-10-16-9-21-20(24)18-8-15(5-6-17(18)19(16)11-22)14-4-2-3-13(7-14)12-23/h2-8,12,16,19H,9-11H2,1H3,(H,21,24). The first kappa shape index (κ1) is 15.1. The minimum Gasteiger partial charge on any atom is -0.352 e.